The first-order valence-corrected chi connectivity index (χ1v) is 10.9. The maximum absolute atomic E-state index is 13.1. The second-order valence-electron chi connectivity index (χ2n) is 7.80. The molecule has 1 aromatic carbocycles. The summed E-state index contributed by atoms with van der Waals surface area (Å²) >= 11 is 0. The molecule has 1 aliphatic heterocycles. The number of methoxy groups -OCH3 is 3. The maximum Gasteiger partial charge on any atom is 0.274 e. The number of amides is 1. The Morgan fingerprint density at radius 2 is 1.79 bits per heavy atom. The van der Waals surface area contributed by atoms with Crippen LogP contribution in [0, 0.1) is 0 Å². The van der Waals surface area contributed by atoms with Crippen LogP contribution in [0.1, 0.15) is 23.3 Å². The summed E-state index contributed by atoms with van der Waals surface area (Å²) in [6.45, 7) is 1.50. The topological polar surface area (TPSA) is 108 Å². The lowest BCUT2D eigenvalue weighted by Gasteiger charge is -2.15. The molecular formula is C23H25N7O4. The molecule has 4 heterocycles. The van der Waals surface area contributed by atoms with E-state index >= 15 is 0 Å². The lowest BCUT2D eigenvalue weighted by atomic mass is 10.2. The van der Waals surface area contributed by atoms with Crippen LogP contribution in [0.4, 0.5) is 11.8 Å². The van der Waals surface area contributed by atoms with E-state index in [1.54, 1.807) is 49.1 Å². The number of anilines is 2. The number of nitrogens with one attached hydrogen (secondary N) is 1. The van der Waals surface area contributed by atoms with Gasteiger partial charge in [0.2, 0.25) is 11.7 Å². The highest BCUT2D eigenvalue weighted by Crippen LogP contribution is 2.39. The normalized spacial score (nSPS) is 13.3. The zero-order chi connectivity index (χ0) is 23.7. The molecule has 1 N–H and O–H groups in total. The van der Waals surface area contributed by atoms with Crippen LogP contribution < -0.4 is 19.5 Å². The summed E-state index contributed by atoms with van der Waals surface area (Å²) in [7, 11) is 4.69. The number of benzene rings is 1. The van der Waals surface area contributed by atoms with E-state index in [1.165, 1.54) is 0 Å². The molecule has 0 aliphatic carbocycles. The number of rotatable bonds is 7. The van der Waals surface area contributed by atoms with E-state index in [4.69, 9.17) is 14.2 Å². The van der Waals surface area contributed by atoms with Gasteiger partial charge in [-0.1, -0.05) is 0 Å². The monoisotopic (exact) mass is 463 g/mol. The molecule has 5 rings (SSSR count). The Hall–Kier alpha value is -4.28. The molecule has 1 aliphatic rings. The third-order valence-electron chi connectivity index (χ3n) is 5.76. The SMILES string of the molecule is COc1cc(-n2cnc(Nc3nc(C(=O)N4CCCC4)c4cccn4n3)c2)cc(OC)c1OC. The fourth-order valence-corrected chi connectivity index (χ4v) is 4.07. The van der Waals surface area contributed by atoms with Crippen molar-refractivity contribution in [2.45, 2.75) is 12.8 Å². The maximum atomic E-state index is 13.1. The third kappa shape index (κ3) is 3.85. The van der Waals surface area contributed by atoms with E-state index in [-0.39, 0.29) is 11.9 Å². The molecule has 3 aromatic heterocycles. The molecule has 0 bridgehead atoms. The van der Waals surface area contributed by atoms with Crippen molar-refractivity contribution in [2.24, 2.45) is 0 Å². The first kappa shape index (κ1) is 21.6. The Bertz CT molecular complexity index is 1320. The fourth-order valence-electron chi connectivity index (χ4n) is 4.07. The van der Waals surface area contributed by atoms with E-state index in [2.05, 4.69) is 20.4 Å². The molecule has 0 atom stereocenters. The number of imidazole rings is 1. The zero-order valence-electron chi connectivity index (χ0n) is 19.2. The van der Waals surface area contributed by atoms with Crippen LogP contribution in [-0.4, -0.2) is 69.4 Å². The second-order valence-corrected chi connectivity index (χ2v) is 7.80. The smallest absolute Gasteiger partial charge is 0.274 e. The molecule has 0 radical (unpaired) electrons. The summed E-state index contributed by atoms with van der Waals surface area (Å²) < 4.78 is 19.7. The van der Waals surface area contributed by atoms with Crippen LogP contribution in [0.15, 0.2) is 43.0 Å². The van der Waals surface area contributed by atoms with Gasteiger partial charge in [-0.2, -0.15) is 0 Å². The average molecular weight is 463 g/mol. The van der Waals surface area contributed by atoms with Gasteiger partial charge < -0.3 is 29.0 Å². The largest absolute Gasteiger partial charge is 0.493 e. The van der Waals surface area contributed by atoms with Gasteiger partial charge in [-0.05, 0) is 25.0 Å². The second kappa shape index (κ2) is 8.93. The van der Waals surface area contributed by atoms with E-state index < -0.39 is 0 Å². The van der Waals surface area contributed by atoms with Crippen LogP contribution in [0.25, 0.3) is 11.2 Å². The molecule has 0 saturated carbocycles. The first-order chi connectivity index (χ1) is 16.6. The number of nitrogens with zero attached hydrogens (tertiary/aromatic N) is 6. The minimum atomic E-state index is -0.0883. The Morgan fingerprint density at radius 3 is 2.47 bits per heavy atom. The van der Waals surface area contributed by atoms with Gasteiger partial charge in [0.1, 0.15) is 6.33 Å². The number of likely N-dealkylation sites (tertiary alicyclic amines) is 1. The lowest BCUT2D eigenvalue weighted by Crippen LogP contribution is -2.29. The highest BCUT2D eigenvalue weighted by atomic mass is 16.5. The lowest BCUT2D eigenvalue weighted by molar-refractivity contribution is 0.0788. The first-order valence-electron chi connectivity index (χ1n) is 10.9. The fraction of sp³-hybridized carbons (Fsp3) is 0.304. The highest BCUT2D eigenvalue weighted by molar-refractivity contribution is 5.99. The van der Waals surface area contributed by atoms with Crippen molar-refractivity contribution in [3.05, 3.63) is 48.7 Å². The Labute approximate surface area is 195 Å². The molecule has 11 nitrogen and oxygen atoms in total. The minimum absolute atomic E-state index is 0.0883. The predicted octanol–water partition coefficient (Wildman–Crippen LogP) is 2.92. The van der Waals surface area contributed by atoms with Gasteiger partial charge in [0.05, 0.1) is 38.7 Å². The quantitative estimate of drug-likeness (QED) is 0.446. The van der Waals surface area contributed by atoms with Crippen LogP contribution in [0.3, 0.4) is 0 Å². The van der Waals surface area contributed by atoms with Gasteiger partial charge in [0, 0.05) is 31.4 Å². The predicted molar refractivity (Wildman–Crippen MR) is 125 cm³/mol. The van der Waals surface area contributed by atoms with E-state index in [0.717, 1.165) is 31.6 Å². The van der Waals surface area contributed by atoms with Crippen molar-refractivity contribution in [1.29, 1.82) is 0 Å². The van der Waals surface area contributed by atoms with Gasteiger partial charge in [0.25, 0.3) is 5.91 Å². The van der Waals surface area contributed by atoms with E-state index in [1.807, 2.05) is 29.2 Å². The zero-order valence-corrected chi connectivity index (χ0v) is 19.2. The van der Waals surface area contributed by atoms with Crippen molar-refractivity contribution in [1.82, 2.24) is 29.0 Å². The Balaban J connectivity index is 1.45. The van der Waals surface area contributed by atoms with Crippen molar-refractivity contribution in [3.8, 4) is 22.9 Å². The standard InChI is InChI=1S/C23H25N7O4/c1-32-17-11-15(12-18(33-2)21(17)34-3)29-13-19(24-14-29)25-23-26-20(16-7-6-10-30(16)27-23)22(31)28-8-4-5-9-28/h6-7,10-14H,4-5,8-9H2,1-3H3,(H,25,27). The molecule has 1 saturated heterocycles. The van der Waals surface area contributed by atoms with Gasteiger partial charge in [-0.15, -0.1) is 5.10 Å². The summed E-state index contributed by atoms with van der Waals surface area (Å²) in [5, 5.41) is 7.59. The molecular weight excluding hydrogens is 438 g/mol. The third-order valence-corrected chi connectivity index (χ3v) is 5.76. The highest BCUT2D eigenvalue weighted by Gasteiger charge is 2.24. The van der Waals surface area contributed by atoms with Crippen LogP contribution in [0.2, 0.25) is 0 Å². The molecule has 1 amide bonds. The van der Waals surface area contributed by atoms with Crippen molar-refractivity contribution in [2.75, 3.05) is 39.7 Å². The Kier molecular flexibility index (Phi) is 5.66. The van der Waals surface area contributed by atoms with Crippen molar-refractivity contribution < 1.29 is 19.0 Å². The average Bonchev–Trinajstić information content (AvgIpc) is 3.64. The van der Waals surface area contributed by atoms with E-state index in [9.17, 15) is 4.79 Å². The molecule has 34 heavy (non-hydrogen) atoms. The van der Waals surface area contributed by atoms with Crippen LogP contribution >= 0.6 is 0 Å². The number of carbonyl (C=O) groups excluding carboxylic acids is 1. The summed E-state index contributed by atoms with van der Waals surface area (Å²) in [5.74, 6) is 2.28. The molecule has 0 unspecified atom stereocenters. The summed E-state index contributed by atoms with van der Waals surface area (Å²) in [4.78, 5) is 23.8. The van der Waals surface area contributed by atoms with Crippen molar-refractivity contribution >= 4 is 23.2 Å². The van der Waals surface area contributed by atoms with E-state index in [0.29, 0.717) is 34.3 Å². The van der Waals surface area contributed by atoms with Gasteiger partial charge in [-0.25, -0.2) is 14.5 Å². The minimum Gasteiger partial charge on any atom is -0.493 e. The summed E-state index contributed by atoms with van der Waals surface area (Å²) in [6.07, 6.45) is 7.24. The number of hydrogen-bond acceptors (Lipinski definition) is 8. The van der Waals surface area contributed by atoms with Gasteiger partial charge >= 0.3 is 0 Å². The van der Waals surface area contributed by atoms with Gasteiger partial charge in [-0.3, -0.25) is 4.79 Å². The number of hydrogen-bond donors (Lipinski definition) is 1. The molecule has 0 spiro atoms. The summed E-state index contributed by atoms with van der Waals surface area (Å²) in [5.41, 5.74) is 1.81. The molecule has 1 fully saturated rings. The molecule has 11 heteroatoms. The Morgan fingerprint density at radius 1 is 1.06 bits per heavy atom. The van der Waals surface area contributed by atoms with Crippen molar-refractivity contribution in [3.63, 3.8) is 0 Å². The number of ether oxygens (including phenoxy) is 3. The molecule has 4 aromatic rings. The molecule has 176 valence electrons. The number of fused-ring (bicyclic) bond motifs is 1. The summed E-state index contributed by atoms with van der Waals surface area (Å²) in [6, 6.07) is 7.32. The number of aromatic nitrogens is 5. The van der Waals surface area contributed by atoms with Crippen LogP contribution in [-0.2, 0) is 0 Å². The van der Waals surface area contributed by atoms with Gasteiger partial charge in [0.15, 0.2) is 23.0 Å². The number of carbonyl (C=O) groups is 1. The van der Waals surface area contributed by atoms with Crippen LogP contribution in [0.5, 0.6) is 17.2 Å².